The van der Waals surface area contributed by atoms with Gasteiger partial charge in [0.05, 0.1) is 37.2 Å². The highest BCUT2D eigenvalue weighted by molar-refractivity contribution is 5.75. The van der Waals surface area contributed by atoms with Crippen molar-refractivity contribution >= 4 is 6.03 Å². The summed E-state index contributed by atoms with van der Waals surface area (Å²) in [5.74, 6) is 1.84. The molecule has 8 heteroatoms. The molecule has 1 heterocycles. The summed E-state index contributed by atoms with van der Waals surface area (Å²) in [5.41, 5.74) is 2.07. The molecule has 0 spiro atoms. The van der Waals surface area contributed by atoms with Crippen LogP contribution in [0.1, 0.15) is 32.0 Å². The van der Waals surface area contributed by atoms with E-state index < -0.39 is 0 Å². The quantitative estimate of drug-likeness (QED) is 0.483. The zero-order chi connectivity index (χ0) is 24.7. The van der Waals surface area contributed by atoms with Gasteiger partial charge in [0.1, 0.15) is 11.5 Å². The SMILES string of the molecule is COCCN(Cc1c(C)nn(-c2ccccc2)c1Oc1cccc(OC)c1)C(=O)NC(C)(C)C. The number of carbonyl (C=O) groups excluding carboxylic acids is 1. The van der Waals surface area contributed by atoms with Gasteiger partial charge in [0.25, 0.3) is 0 Å². The second-order valence-electron chi connectivity index (χ2n) is 8.99. The van der Waals surface area contributed by atoms with Crippen molar-refractivity contribution < 1.29 is 19.0 Å². The molecule has 0 unspecified atom stereocenters. The van der Waals surface area contributed by atoms with E-state index in [4.69, 9.17) is 19.3 Å². The first-order chi connectivity index (χ1) is 16.2. The average molecular weight is 467 g/mol. The summed E-state index contributed by atoms with van der Waals surface area (Å²) in [5, 5.41) is 7.80. The molecule has 34 heavy (non-hydrogen) atoms. The minimum Gasteiger partial charge on any atom is -0.497 e. The monoisotopic (exact) mass is 466 g/mol. The number of hydrogen-bond acceptors (Lipinski definition) is 5. The minimum atomic E-state index is -0.369. The predicted molar refractivity (Wildman–Crippen MR) is 132 cm³/mol. The zero-order valence-corrected chi connectivity index (χ0v) is 20.8. The molecule has 0 aliphatic carbocycles. The number of aromatic nitrogens is 2. The summed E-state index contributed by atoms with van der Waals surface area (Å²) in [6.45, 7) is 8.93. The van der Waals surface area contributed by atoms with Crippen LogP contribution >= 0.6 is 0 Å². The Kier molecular flexibility index (Phi) is 8.17. The molecule has 0 saturated carbocycles. The molecule has 3 rings (SSSR count). The summed E-state index contributed by atoms with van der Waals surface area (Å²) in [6, 6.07) is 17.0. The first-order valence-corrected chi connectivity index (χ1v) is 11.2. The molecule has 0 radical (unpaired) electrons. The Morgan fingerprint density at radius 3 is 2.41 bits per heavy atom. The predicted octanol–water partition coefficient (Wildman–Crippen LogP) is 4.94. The fraction of sp³-hybridized carbons (Fsp3) is 0.385. The van der Waals surface area contributed by atoms with E-state index in [9.17, 15) is 4.79 Å². The number of nitrogens with one attached hydrogen (secondary N) is 1. The second-order valence-corrected chi connectivity index (χ2v) is 8.99. The highest BCUT2D eigenvalue weighted by atomic mass is 16.5. The van der Waals surface area contributed by atoms with Crippen molar-refractivity contribution in [3.05, 3.63) is 65.9 Å². The smallest absolute Gasteiger partial charge is 0.318 e. The molecule has 8 nitrogen and oxygen atoms in total. The van der Waals surface area contributed by atoms with Crippen LogP contribution in [0.2, 0.25) is 0 Å². The lowest BCUT2D eigenvalue weighted by molar-refractivity contribution is 0.142. The Morgan fingerprint density at radius 2 is 1.76 bits per heavy atom. The summed E-state index contributed by atoms with van der Waals surface area (Å²) in [6.07, 6.45) is 0. The van der Waals surface area contributed by atoms with E-state index in [-0.39, 0.29) is 11.6 Å². The first kappa shape index (κ1) is 25.1. The number of nitrogens with zero attached hydrogens (tertiary/aromatic N) is 3. The molecular formula is C26H34N4O4. The van der Waals surface area contributed by atoms with Crippen molar-refractivity contribution in [2.75, 3.05) is 27.4 Å². The first-order valence-electron chi connectivity index (χ1n) is 11.2. The molecule has 2 amide bonds. The van der Waals surface area contributed by atoms with Gasteiger partial charge in [0, 0.05) is 25.3 Å². The topological polar surface area (TPSA) is 77.8 Å². The Hall–Kier alpha value is -3.52. The highest BCUT2D eigenvalue weighted by Gasteiger charge is 2.25. The van der Waals surface area contributed by atoms with E-state index >= 15 is 0 Å². The summed E-state index contributed by atoms with van der Waals surface area (Å²) in [7, 11) is 3.24. The third-order valence-corrected chi connectivity index (χ3v) is 5.08. The number of aryl methyl sites for hydroxylation is 1. The van der Waals surface area contributed by atoms with Crippen LogP contribution in [0.15, 0.2) is 54.6 Å². The lowest BCUT2D eigenvalue weighted by Gasteiger charge is -2.28. The van der Waals surface area contributed by atoms with Crippen LogP contribution in [0.4, 0.5) is 4.79 Å². The zero-order valence-electron chi connectivity index (χ0n) is 20.8. The van der Waals surface area contributed by atoms with Crippen LogP contribution in [0, 0.1) is 6.92 Å². The van der Waals surface area contributed by atoms with Gasteiger partial charge in [0.2, 0.25) is 5.88 Å². The fourth-order valence-corrected chi connectivity index (χ4v) is 3.39. The highest BCUT2D eigenvalue weighted by Crippen LogP contribution is 2.33. The summed E-state index contributed by atoms with van der Waals surface area (Å²) >= 11 is 0. The van der Waals surface area contributed by atoms with E-state index in [1.807, 2.05) is 82.3 Å². The van der Waals surface area contributed by atoms with Crippen LogP contribution in [0.3, 0.4) is 0 Å². The van der Waals surface area contributed by atoms with Crippen molar-refractivity contribution in [3.63, 3.8) is 0 Å². The van der Waals surface area contributed by atoms with Crippen LogP contribution in [-0.2, 0) is 11.3 Å². The minimum absolute atomic E-state index is 0.177. The average Bonchev–Trinajstić information content (AvgIpc) is 3.10. The summed E-state index contributed by atoms with van der Waals surface area (Å²) < 4.78 is 18.8. The van der Waals surface area contributed by atoms with E-state index in [0.29, 0.717) is 37.1 Å². The van der Waals surface area contributed by atoms with Gasteiger partial charge in [-0.15, -0.1) is 0 Å². The number of amides is 2. The maximum Gasteiger partial charge on any atom is 0.318 e. The Morgan fingerprint density at radius 1 is 1.06 bits per heavy atom. The van der Waals surface area contributed by atoms with Gasteiger partial charge in [-0.25, -0.2) is 9.48 Å². The molecule has 0 bridgehead atoms. The van der Waals surface area contributed by atoms with Gasteiger partial charge in [0.15, 0.2) is 0 Å². The van der Waals surface area contributed by atoms with Crippen molar-refractivity contribution in [2.45, 2.75) is 39.8 Å². The third kappa shape index (κ3) is 6.51. The molecule has 2 aromatic carbocycles. The van der Waals surface area contributed by atoms with Gasteiger partial charge in [-0.3, -0.25) is 0 Å². The van der Waals surface area contributed by atoms with Crippen LogP contribution in [0.25, 0.3) is 5.69 Å². The number of hydrogen-bond donors (Lipinski definition) is 1. The number of methoxy groups -OCH3 is 2. The molecular weight excluding hydrogens is 432 g/mol. The van der Waals surface area contributed by atoms with Crippen molar-refractivity contribution in [3.8, 4) is 23.1 Å². The lowest BCUT2D eigenvalue weighted by atomic mass is 10.1. The number of ether oxygens (including phenoxy) is 3. The van der Waals surface area contributed by atoms with Crippen LogP contribution in [-0.4, -0.2) is 53.6 Å². The van der Waals surface area contributed by atoms with Crippen molar-refractivity contribution in [2.24, 2.45) is 0 Å². The normalized spacial score (nSPS) is 11.2. The Bertz CT molecular complexity index is 1090. The van der Waals surface area contributed by atoms with Gasteiger partial charge >= 0.3 is 6.03 Å². The molecule has 3 aromatic rings. The largest absolute Gasteiger partial charge is 0.497 e. The van der Waals surface area contributed by atoms with E-state index in [1.54, 1.807) is 23.8 Å². The maximum atomic E-state index is 13.1. The van der Waals surface area contributed by atoms with E-state index in [1.165, 1.54) is 0 Å². The number of para-hydroxylation sites is 1. The molecule has 0 saturated heterocycles. The molecule has 1 aromatic heterocycles. The van der Waals surface area contributed by atoms with Crippen molar-refractivity contribution in [1.29, 1.82) is 0 Å². The van der Waals surface area contributed by atoms with Gasteiger partial charge in [-0.1, -0.05) is 24.3 Å². The lowest BCUT2D eigenvalue weighted by Crippen LogP contribution is -2.49. The molecule has 0 fully saturated rings. The molecule has 0 aliphatic rings. The fourth-order valence-electron chi connectivity index (χ4n) is 3.39. The van der Waals surface area contributed by atoms with Gasteiger partial charge < -0.3 is 24.4 Å². The molecule has 182 valence electrons. The number of carbonyl (C=O) groups is 1. The Balaban J connectivity index is 2.03. The van der Waals surface area contributed by atoms with Crippen LogP contribution in [0.5, 0.6) is 17.4 Å². The molecule has 1 N–H and O–H groups in total. The maximum absolute atomic E-state index is 13.1. The standard InChI is InChI=1S/C26H34N4O4/c1-19-23(18-29(15-16-32-5)25(31)27-26(2,3)4)24(30(28-19)20-11-8-7-9-12-20)34-22-14-10-13-21(17-22)33-6/h7-14,17H,15-16,18H2,1-6H3,(H,27,31). The number of rotatable bonds is 9. The number of benzene rings is 2. The van der Waals surface area contributed by atoms with Crippen molar-refractivity contribution in [1.82, 2.24) is 20.0 Å². The van der Waals surface area contributed by atoms with E-state index in [0.717, 1.165) is 16.9 Å². The van der Waals surface area contributed by atoms with Gasteiger partial charge in [-0.2, -0.15) is 5.10 Å². The summed E-state index contributed by atoms with van der Waals surface area (Å²) in [4.78, 5) is 14.8. The molecule has 0 atom stereocenters. The third-order valence-electron chi connectivity index (χ3n) is 5.08. The van der Waals surface area contributed by atoms with E-state index in [2.05, 4.69) is 5.32 Å². The van der Waals surface area contributed by atoms with Gasteiger partial charge in [-0.05, 0) is 52.0 Å². The Labute approximate surface area is 201 Å². The second kappa shape index (κ2) is 11.1. The number of urea groups is 1. The van der Waals surface area contributed by atoms with Crippen LogP contribution < -0.4 is 14.8 Å². The molecule has 0 aliphatic heterocycles.